The van der Waals surface area contributed by atoms with Gasteiger partial charge in [0.15, 0.2) is 11.5 Å². The Morgan fingerprint density at radius 1 is 1.33 bits per heavy atom. The maximum atomic E-state index is 4.77. The first-order valence-electron chi connectivity index (χ1n) is 8.11. The van der Waals surface area contributed by atoms with E-state index in [1.54, 1.807) is 11.8 Å². The maximum Gasteiger partial charge on any atom is 0.180 e. The first-order chi connectivity index (χ1) is 11.7. The summed E-state index contributed by atoms with van der Waals surface area (Å²) in [4.78, 5) is 9.39. The average molecular weight is 338 g/mol. The van der Waals surface area contributed by atoms with Gasteiger partial charge in [-0.3, -0.25) is 4.40 Å². The van der Waals surface area contributed by atoms with E-state index in [4.69, 9.17) is 4.98 Å². The second kappa shape index (κ2) is 7.53. The van der Waals surface area contributed by atoms with Gasteiger partial charge in [-0.15, -0.1) is 11.8 Å². The third-order valence-corrected chi connectivity index (χ3v) is 4.22. The van der Waals surface area contributed by atoms with Gasteiger partial charge in [0.2, 0.25) is 0 Å². The molecule has 4 nitrogen and oxygen atoms in total. The summed E-state index contributed by atoms with van der Waals surface area (Å²) in [6.07, 6.45) is 4.89. The van der Waals surface area contributed by atoms with Crippen molar-refractivity contribution in [2.75, 3.05) is 11.9 Å². The van der Waals surface area contributed by atoms with Gasteiger partial charge in [-0.05, 0) is 28.9 Å². The van der Waals surface area contributed by atoms with Crippen molar-refractivity contribution < 1.29 is 0 Å². The van der Waals surface area contributed by atoms with Gasteiger partial charge in [0.1, 0.15) is 0 Å². The molecule has 5 heteroatoms. The van der Waals surface area contributed by atoms with E-state index in [1.807, 2.05) is 35.2 Å². The molecule has 0 radical (unpaired) electrons. The predicted molar refractivity (Wildman–Crippen MR) is 104 cm³/mol. The van der Waals surface area contributed by atoms with Gasteiger partial charge in [-0.25, -0.2) is 9.97 Å². The Morgan fingerprint density at radius 3 is 2.96 bits per heavy atom. The maximum absolute atomic E-state index is 4.77. The number of rotatable bonds is 7. The Labute approximate surface area is 146 Å². The van der Waals surface area contributed by atoms with Crippen LogP contribution in [0.5, 0.6) is 0 Å². The number of anilines is 1. The lowest BCUT2D eigenvalue weighted by atomic mass is 10.2. The van der Waals surface area contributed by atoms with E-state index in [0.717, 1.165) is 41.2 Å². The van der Waals surface area contributed by atoms with Crippen LogP contribution in [0.2, 0.25) is 0 Å². The van der Waals surface area contributed by atoms with Gasteiger partial charge < -0.3 is 5.32 Å². The molecule has 0 saturated carbocycles. The number of para-hydroxylation sites is 2. The molecule has 0 atom stereocenters. The molecule has 1 aromatic carbocycles. The Hall–Kier alpha value is -2.27. The molecular formula is C19H22N4S. The van der Waals surface area contributed by atoms with Crippen molar-refractivity contribution >= 4 is 34.3 Å². The standard InChI is InChI=1S/C19H22N4S/c1-4-24-11-7-8-15-13-21-19-18(20-12-14(2)3)22-16-9-5-6-10-17(16)23(15)19/h4-7,9-11,13-14H,1,8,12H2,2-3H3,(H,20,22)/b11-7-. The second-order valence-corrected chi connectivity index (χ2v) is 6.89. The molecule has 124 valence electrons. The van der Waals surface area contributed by atoms with Crippen LogP contribution < -0.4 is 5.32 Å². The molecule has 3 aromatic rings. The van der Waals surface area contributed by atoms with Gasteiger partial charge >= 0.3 is 0 Å². The molecule has 0 aliphatic carbocycles. The summed E-state index contributed by atoms with van der Waals surface area (Å²) in [5.74, 6) is 1.39. The molecule has 1 N–H and O–H groups in total. The number of hydrogen-bond acceptors (Lipinski definition) is 4. The molecule has 0 spiro atoms. The topological polar surface area (TPSA) is 42.2 Å². The lowest BCUT2D eigenvalue weighted by molar-refractivity contribution is 0.687. The van der Waals surface area contributed by atoms with Gasteiger partial charge in [-0.1, -0.05) is 38.6 Å². The van der Waals surface area contributed by atoms with E-state index < -0.39 is 0 Å². The quantitative estimate of drug-likeness (QED) is 0.666. The van der Waals surface area contributed by atoms with E-state index >= 15 is 0 Å². The number of nitrogens with zero attached hydrogens (tertiary/aromatic N) is 3. The number of thioether (sulfide) groups is 1. The number of imidazole rings is 1. The first-order valence-corrected chi connectivity index (χ1v) is 9.05. The molecule has 2 heterocycles. The van der Waals surface area contributed by atoms with Crippen LogP contribution in [-0.4, -0.2) is 20.9 Å². The Morgan fingerprint density at radius 2 is 2.17 bits per heavy atom. The lowest BCUT2D eigenvalue weighted by Gasteiger charge is -2.12. The summed E-state index contributed by atoms with van der Waals surface area (Å²) >= 11 is 1.58. The minimum Gasteiger partial charge on any atom is -0.367 e. The van der Waals surface area contributed by atoms with E-state index in [9.17, 15) is 0 Å². The van der Waals surface area contributed by atoms with E-state index in [0.29, 0.717) is 5.92 Å². The summed E-state index contributed by atoms with van der Waals surface area (Å²) in [7, 11) is 0. The molecule has 0 unspecified atom stereocenters. The van der Waals surface area contributed by atoms with Crippen LogP contribution in [-0.2, 0) is 6.42 Å². The highest BCUT2D eigenvalue weighted by Crippen LogP contribution is 2.23. The molecule has 24 heavy (non-hydrogen) atoms. The van der Waals surface area contributed by atoms with Crippen LogP contribution >= 0.6 is 11.8 Å². The molecule has 3 rings (SSSR count). The molecule has 0 aliphatic rings. The van der Waals surface area contributed by atoms with Crippen LogP contribution in [0.1, 0.15) is 19.5 Å². The normalized spacial score (nSPS) is 11.8. The van der Waals surface area contributed by atoms with Crippen LogP contribution in [0.3, 0.4) is 0 Å². The highest BCUT2D eigenvalue weighted by molar-refractivity contribution is 8.04. The van der Waals surface area contributed by atoms with Gasteiger partial charge in [0.05, 0.1) is 11.0 Å². The third-order valence-electron chi connectivity index (χ3n) is 3.68. The number of nitrogens with one attached hydrogen (secondary N) is 1. The first kappa shape index (κ1) is 16.6. The van der Waals surface area contributed by atoms with Crippen molar-refractivity contribution in [1.82, 2.24) is 14.4 Å². The van der Waals surface area contributed by atoms with Crippen LogP contribution in [0.4, 0.5) is 5.82 Å². The fraction of sp³-hybridized carbons (Fsp3) is 0.263. The van der Waals surface area contributed by atoms with Crippen molar-refractivity contribution in [2.45, 2.75) is 20.3 Å². The molecule has 0 fully saturated rings. The van der Waals surface area contributed by atoms with Crippen molar-refractivity contribution in [3.05, 3.63) is 59.6 Å². The highest BCUT2D eigenvalue weighted by atomic mass is 32.2. The molecular weight excluding hydrogens is 316 g/mol. The number of hydrogen-bond donors (Lipinski definition) is 1. The minimum atomic E-state index is 0.548. The third kappa shape index (κ3) is 3.46. The number of aromatic nitrogens is 3. The minimum absolute atomic E-state index is 0.548. The van der Waals surface area contributed by atoms with Crippen molar-refractivity contribution in [1.29, 1.82) is 0 Å². The van der Waals surface area contributed by atoms with E-state index in [1.165, 1.54) is 0 Å². The van der Waals surface area contributed by atoms with Gasteiger partial charge in [0, 0.05) is 24.9 Å². The number of benzene rings is 1. The molecule has 0 amide bonds. The molecule has 2 aromatic heterocycles. The summed E-state index contributed by atoms with van der Waals surface area (Å²) in [6.45, 7) is 8.95. The molecule has 0 bridgehead atoms. The largest absolute Gasteiger partial charge is 0.367 e. The summed E-state index contributed by atoms with van der Waals surface area (Å²) in [6, 6.07) is 8.19. The van der Waals surface area contributed by atoms with Gasteiger partial charge in [0.25, 0.3) is 0 Å². The monoisotopic (exact) mass is 338 g/mol. The van der Waals surface area contributed by atoms with Gasteiger partial charge in [-0.2, -0.15) is 0 Å². The highest BCUT2D eigenvalue weighted by Gasteiger charge is 2.12. The van der Waals surface area contributed by atoms with Crippen LogP contribution in [0.25, 0.3) is 16.7 Å². The zero-order valence-corrected chi connectivity index (χ0v) is 14.9. The zero-order valence-electron chi connectivity index (χ0n) is 14.1. The van der Waals surface area contributed by atoms with Crippen molar-refractivity contribution in [2.24, 2.45) is 5.92 Å². The number of allylic oxidation sites excluding steroid dienone is 1. The Kier molecular flexibility index (Phi) is 5.20. The number of fused-ring (bicyclic) bond motifs is 3. The van der Waals surface area contributed by atoms with Crippen molar-refractivity contribution in [3.8, 4) is 0 Å². The average Bonchev–Trinajstić information content (AvgIpc) is 3.01. The predicted octanol–water partition coefficient (Wildman–Crippen LogP) is 4.88. The fourth-order valence-corrected chi connectivity index (χ4v) is 2.90. The summed E-state index contributed by atoms with van der Waals surface area (Å²) in [5.41, 5.74) is 4.09. The Balaban J connectivity index is 2.09. The second-order valence-electron chi connectivity index (χ2n) is 6.01. The van der Waals surface area contributed by atoms with Crippen LogP contribution in [0, 0.1) is 5.92 Å². The SMILES string of the molecule is C=CS/C=C\Cc1cnc2c(NCC(C)C)nc3ccccc3n12. The summed E-state index contributed by atoms with van der Waals surface area (Å²) in [5, 5.41) is 7.31. The van der Waals surface area contributed by atoms with Crippen LogP contribution in [0.15, 0.2) is 53.9 Å². The van der Waals surface area contributed by atoms with Crippen molar-refractivity contribution in [3.63, 3.8) is 0 Å². The summed E-state index contributed by atoms with van der Waals surface area (Å²) < 4.78 is 2.20. The fourth-order valence-electron chi connectivity index (χ4n) is 2.58. The molecule has 0 saturated heterocycles. The lowest BCUT2D eigenvalue weighted by Crippen LogP contribution is -2.11. The zero-order chi connectivity index (χ0) is 16.9. The van der Waals surface area contributed by atoms with E-state index in [-0.39, 0.29) is 0 Å². The Bertz CT molecular complexity index is 880. The smallest absolute Gasteiger partial charge is 0.180 e. The van der Waals surface area contributed by atoms with E-state index in [2.05, 4.69) is 47.3 Å². The molecule has 0 aliphatic heterocycles.